The summed E-state index contributed by atoms with van der Waals surface area (Å²) in [5, 5.41) is 8.75. The van der Waals surface area contributed by atoms with E-state index in [0.29, 0.717) is 24.9 Å². The molecule has 21 heavy (non-hydrogen) atoms. The van der Waals surface area contributed by atoms with Gasteiger partial charge in [-0.05, 0) is 37.5 Å². The number of rotatable bonds is 2. The largest absolute Gasteiger partial charge is 0.395 e. The summed E-state index contributed by atoms with van der Waals surface area (Å²) in [5.74, 6) is 5.51. The number of aliphatic hydroxyl groups is 1. The number of imide groups is 1. The van der Waals surface area contributed by atoms with Crippen molar-refractivity contribution in [3.63, 3.8) is 0 Å². The highest BCUT2D eigenvalue weighted by molar-refractivity contribution is 6.15. The van der Waals surface area contributed by atoms with Gasteiger partial charge in [-0.3, -0.25) is 14.5 Å². The lowest BCUT2D eigenvalue weighted by atomic mass is 10.1. The van der Waals surface area contributed by atoms with Crippen LogP contribution in [0.3, 0.4) is 0 Å². The van der Waals surface area contributed by atoms with Crippen LogP contribution in [0.2, 0.25) is 0 Å². The molecule has 1 aliphatic heterocycles. The molecule has 0 spiro atoms. The maximum absolute atomic E-state index is 12.2. The van der Waals surface area contributed by atoms with Crippen molar-refractivity contribution in [3.05, 3.63) is 29.3 Å². The van der Waals surface area contributed by atoms with Crippen molar-refractivity contribution in [2.45, 2.75) is 39.0 Å². The normalized spacial score (nSPS) is 15.4. The third-order valence-corrected chi connectivity index (χ3v) is 3.45. The van der Waals surface area contributed by atoms with Crippen molar-refractivity contribution in [3.8, 4) is 11.8 Å². The molecule has 0 radical (unpaired) electrons. The van der Waals surface area contributed by atoms with Gasteiger partial charge in [-0.1, -0.05) is 17.9 Å². The average molecular weight is 285 g/mol. The molecule has 4 nitrogen and oxygen atoms in total. The fourth-order valence-corrected chi connectivity index (χ4v) is 2.33. The van der Waals surface area contributed by atoms with Crippen LogP contribution in [0.1, 0.15) is 43.2 Å². The quantitative estimate of drug-likeness (QED) is 0.669. The summed E-state index contributed by atoms with van der Waals surface area (Å²) in [7, 11) is 0. The van der Waals surface area contributed by atoms with Crippen LogP contribution < -0.4 is 4.90 Å². The Kier molecular flexibility index (Phi) is 5.13. The number of aryl methyl sites for hydroxylation is 1. The molecule has 1 aromatic rings. The number of hydrogen-bond acceptors (Lipinski definition) is 3. The molecule has 1 N–H and O–H groups in total. The SMILES string of the molecule is Cc1ccc(C#CCCO)cc1N1C(=O)CCCCC1=O. The monoisotopic (exact) mass is 285 g/mol. The number of carbonyl (C=O) groups excluding carboxylic acids is 2. The van der Waals surface area contributed by atoms with Gasteiger partial charge in [0.1, 0.15) is 0 Å². The third kappa shape index (κ3) is 3.71. The Balaban J connectivity index is 2.37. The van der Waals surface area contributed by atoms with Crippen LogP contribution in [-0.4, -0.2) is 23.5 Å². The van der Waals surface area contributed by atoms with Crippen LogP contribution in [0.4, 0.5) is 5.69 Å². The number of benzene rings is 1. The zero-order valence-corrected chi connectivity index (χ0v) is 12.2. The molecule has 2 rings (SSSR count). The Labute approximate surface area is 124 Å². The summed E-state index contributed by atoms with van der Waals surface area (Å²) in [4.78, 5) is 25.7. The molecule has 2 amide bonds. The van der Waals surface area contributed by atoms with Crippen LogP contribution in [0.5, 0.6) is 0 Å². The standard InChI is InChI=1S/C17H19NO3/c1-13-9-10-14(6-4-5-11-19)12-15(13)18-16(20)7-2-3-8-17(18)21/h9-10,12,19H,2-3,5,7-8,11H2,1H3. The molecule has 1 fully saturated rings. The zero-order valence-electron chi connectivity index (χ0n) is 12.2. The molecule has 0 bridgehead atoms. The van der Waals surface area contributed by atoms with Gasteiger partial charge in [-0.2, -0.15) is 0 Å². The average Bonchev–Trinajstić information content (AvgIpc) is 2.62. The van der Waals surface area contributed by atoms with Gasteiger partial charge in [0.05, 0.1) is 12.3 Å². The van der Waals surface area contributed by atoms with Gasteiger partial charge in [-0.15, -0.1) is 0 Å². The predicted octanol–water partition coefficient (Wildman–Crippen LogP) is 2.16. The minimum atomic E-state index is -0.138. The van der Waals surface area contributed by atoms with E-state index in [1.807, 2.05) is 19.1 Å². The van der Waals surface area contributed by atoms with E-state index in [2.05, 4.69) is 11.8 Å². The second kappa shape index (κ2) is 7.05. The smallest absolute Gasteiger partial charge is 0.233 e. The van der Waals surface area contributed by atoms with Gasteiger partial charge in [0, 0.05) is 24.8 Å². The number of anilines is 1. The highest BCUT2D eigenvalue weighted by Crippen LogP contribution is 2.26. The van der Waals surface area contributed by atoms with E-state index < -0.39 is 0 Å². The molecular formula is C17H19NO3. The highest BCUT2D eigenvalue weighted by atomic mass is 16.2. The van der Waals surface area contributed by atoms with E-state index in [4.69, 9.17) is 5.11 Å². The first-order chi connectivity index (χ1) is 10.1. The minimum Gasteiger partial charge on any atom is -0.395 e. The van der Waals surface area contributed by atoms with E-state index in [9.17, 15) is 9.59 Å². The van der Waals surface area contributed by atoms with Crippen LogP contribution in [0, 0.1) is 18.8 Å². The lowest BCUT2D eigenvalue weighted by Crippen LogP contribution is -2.35. The van der Waals surface area contributed by atoms with Crippen molar-refractivity contribution in [1.82, 2.24) is 0 Å². The van der Waals surface area contributed by atoms with Crippen molar-refractivity contribution in [2.75, 3.05) is 11.5 Å². The topological polar surface area (TPSA) is 57.6 Å². The van der Waals surface area contributed by atoms with E-state index in [-0.39, 0.29) is 18.4 Å². The van der Waals surface area contributed by atoms with Gasteiger partial charge >= 0.3 is 0 Å². The van der Waals surface area contributed by atoms with E-state index in [0.717, 1.165) is 24.0 Å². The van der Waals surface area contributed by atoms with Crippen molar-refractivity contribution in [1.29, 1.82) is 0 Å². The molecular weight excluding hydrogens is 266 g/mol. The van der Waals surface area contributed by atoms with Crippen molar-refractivity contribution >= 4 is 17.5 Å². The van der Waals surface area contributed by atoms with Crippen molar-refractivity contribution < 1.29 is 14.7 Å². The zero-order chi connectivity index (χ0) is 15.2. The number of hydrogen-bond donors (Lipinski definition) is 1. The van der Waals surface area contributed by atoms with Crippen LogP contribution in [0.15, 0.2) is 18.2 Å². The van der Waals surface area contributed by atoms with Crippen molar-refractivity contribution in [2.24, 2.45) is 0 Å². The Hall–Kier alpha value is -2.12. The Bertz CT molecular complexity index is 592. The van der Waals surface area contributed by atoms with E-state index in [1.54, 1.807) is 6.07 Å². The highest BCUT2D eigenvalue weighted by Gasteiger charge is 2.26. The molecule has 0 unspecified atom stereocenters. The van der Waals surface area contributed by atoms with Gasteiger partial charge in [0.25, 0.3) is 0 Å². The molecule has 1 saturated heterocycles. The summed E-state index contributed by atoms with van der Waals surface area (Å²) in [6.45, 7) is 1.90. The van der Waals surface area contributed by atoms with Gasteiger partial charge in [0.15, 0.2) is 0 Å². The lowest BCUT2D eigenvalue weighted by molar-refractivity contribution is -0.125. The van der Waals surface area contributed by atoms with E-state index in [1.165, 1.54) is 4.90 Å². The Morgan fingerprint density at radius 1 is 1.19 bits per heavy atom. The fourth-order valence-electron chi connectivity index (χ4n) is 2.33. The second-order valence-corrected chi connectivity index (χ2v) is 5.11. The number of nitrogens with zero attached hydrogens (tertiary/aromatic N) is 1. The Morgan fingerprint density at radius 2 is 1.86 bits per heavy atom. The number of amides is 2. The van der Waals surface area contributed by atoms with Crippen LogP contribution in [-0.2, 0) is 9.59 Å². The molecule has 4 heteroatoms. The molecule has 0 aromatic heterocycles. The molecule has 0 saturated carbocycles. The first-order valence-electron chi connectivity index (χ1n) is 7.19. The second-order valence-electron chi connectivity index (χ2n) is 5.11. The first-order valence-corrected chi connectivity index (χ1v) is 7.19. The molecule has 1 aliphatic rings. The third-order valence-electron chi connectivity index (χ3n) is 3.45. The van der Waals surface area contributed by atoms with Gasteiger partial charge in [-0.25, -0.2) is 0 Å². The Morgan fingerprint density at radius 3 is 2.48 bits per heavy atom. The summed E-state index contributed by atoms with van der Waals surface area (Å²) in [6, 6.07) is 5.50. The van der Waals surface area contributed by atoms with Gasteiger partial charge < -0.3 is 5.11 Å². The fraction of sp³-hybridized carbons (Fsp3) is 0.412. The number of carbonyl (C=O) groups is 2. The maximum atomic E-state index is 12.2. The van der Waals surface area contributed by atoms with E-state index >= 15 is 0 Å². The summed E-state index contributed by atoms with van der Waals surface area (Å²) in [6.07, 6.45) is 2.74. The maximum Gasteiger partial charge on any atom is 0.233 e. The molecule has 1 aromatic carbocycles. The first kappa shape index (κ1) is 15.3. The van der Waals surface area contributed by atoms with Crippen LogP contribution in [0.25, 0.3) is 0 Å². The predicted molar refractivity (Wildman–Crippen MR) is 80.7 cm³/mol. The summed E-state index contributed by atoms with van der Waals surface area (Å²) < 4.78 is 0. The molecule has 110 valence electrons. The lowest BCUT2D eigenvalue weighted by Gasteiger charge is -2.21. The minimum absolute atomic E-state index is 0.0226. The molecule has 1 heterocycles. The van der Waals surface area contributed by atoms with Gasteiger partial charge in [0.2, 0.25) is 11.8 Å². The summed E-state index contributed by atoms with van der Waals surface area (Å²) in [5.41, 5.74) is 2.25. The van der Waals surface area contributed by atoms with Crippen LogP contribution >= 0.6 is 0 Å². The summed E-state index contributed by atoms with van der Waals surface area (Å²) >= 11 is 0. The number of aliphatic hydroxyl groups excluding tert-OH is 1. The molecule has 0 atom stereocenters. The molecule has 0 aliphatic carbocycles.